The Bertz CT molecular complexity index is 729. The minimum Gasteiger partial charge on any atom is -0.333 e. The lowest BCUT2D eigenvalue weighted by molar-refractivity contribution is -0.136. The second-order valence-corrected chi connectivity index (χ2v) is 7.42. The average molecular weight is 348 g/mol. The number of piperidine rings is 1. The fourth-order valence-electron chi connectivity index (χ4n) is 3.72. The maximum absolute atomic E-state index is 13.9. The summed E-state index contributed by atoms with van der Waals surface area (Å²) < 4.78 is 27.9. The molecule has 6 heteroatoms. The Morgan fingerprint density at radius 1 is 1.25 bits per heavy atom. The summed E-state index contributed by atoms with van der Waals surface area (Å²) >= 11 is 1.56. The molecule has 2 fully saturated rings. The standard InChI is InChI=1S/C18H18F2N2OS/c19-13-4-3-5-14(20)16(13)11-10-12(11)18(23)22-8-2-1-6-15(22)17-21-7-9-24-17/h3-5,7,9,11-12,15H,1-2,6,8,10H2. The molecule has 1 saturated heterocycles. The van der Waals surface area contributed by atoms with Gasteiger partial charge in [0.2, 0.25) is 5.91 Å². The van der Waals surface area contributed by atoms with Crippen LogP contribution in [0.3, 0.4) is 0 Å². The minimum atomic E-state index is -0.551. The Balaban J connectivity index is 1.54. The zero-order valence-corrected chi connectivity index (χ0v) is 13.9. The van der Waals surface area contributed by atoms with Crippen LogP contribution in [0.25, 0.3) is 0 Å². The van der Waals surface area contributed by atoms with Crippen LogP contribution in [-0.2, 0) is 4.79 Å². The number of carbonyl (C=O) groups is 1. The zero-order chi connectivity index (χ0) is 16.7. The first-order chi connectivity index (χ1) is 11.7. The number of amides is 1. The molecule has 0 N–H and O–H groups in total. The van der Waals surface area contributed by atoms with Crippen molar-refractivity contribution >= 4 is 17.2 Å². The zero-order valence-electron chi connectivity index (χ0n) is 13.1. The lowest BCUT2D eigenvalue weighted by atomic mass is 10.0. The largest absolute Gasteiger partial charge is 0.333 e. The van der Waals surface area contributed by atoms with Crippen LogP contribution in [0.4, 0.5) is 8.78 Å². The molecule has 0 radical (unpaired) electrons. The summed E-state index contributed by atoms with van der Waals surface area (Å²) in [5.41, 5.74) is 0.0682. The molecule has 3 atom stereocenters. The average Bonchev–Trinajstić information content (AvgIpc) is 3.16. The Morgan fingerprint density at radius 2 is 2.04 bits per heavy atom. The highest BCUT2D eigenvalue weighted by atomic mass is 32.1. The van der Waals surface area contributed by atoms with E-state index < -0.39 is 11.6 Å². The van der Waals surface area contributed by atoms with Gasteiger partial charge in [-0.1, -0.05) is 6.07 Å². The van der Waals surface area contributed by atoms with Gasteiger partial charge in [0.05, 0.1) is 6.04 Å². The normalized spacial score (nSPS) is 26.4. The number of halogens is 2. The van der Waals surface area contributed by atoms with Gasteiger partial charge in [-0.05, 0) is 37.8 Å². The molecule has 3 unspecified atom stereocenters. The minimum absolute atomic E-state index is 0.0120. The number of hydrogen-bond acceptors (Lipinski definition) is 3. The highest BCUT2D eigenvalue weighted by Crippen LogP contribution is 2.51. The van der Waals surface area contributed by atoms with Gasteiger partial charge in [0.1, 0.15) is 16.6 Å². The second kappa shape index (κ2) is 6.24. The van der Waals surface area contributed by atoms with Gasteiger partial charge in [-0.3, -0.25) is 4.79 Å². The number of rotatable bonds is 3. The summed E-state index contributed by atoms with van der Waals surface area (Å²) in [6.07, 6.45) is 5.23. The molecule has 1 aliphatic carbocycles. The summed E-state index contributed by atoms with van der Waals surface area (Å²) in [4.78, 5) is 19.2. The van der Waals surface area contributed by atoms with Gasteiger partial charge >= 0.3 is 0 Å². The van der Waals surface area contributed by atoms with E-state index in [-0.39, 0.29) is 29.3 Å². The first kappa shape index (κ1) is 15.7. The van der Waals surface area contributed by atoms with Crippen LogP contribution in [0, 0.1) is 17.6 Å². The molecule has 2 aliphatic rings. The lowest BCUT2D eigenvalue weighted by Crippen LogP contribution is -2.39. The van der Waals surface area contributed by atoms with Crippen molar-refractivity contribution in [1.82, 2.24) is 9.88 Å². The summed E-state index contributed by atoms with van der Waals surface area (Å²) in [5.74, 6) is -1.73. The van der Waals surface area contributed by atoms with Gasteiger partial charge in [-0.15, -0.1) is 11.3 Å². The van der Waals surface area contributed by atoms with Crippen molar-refractivity contribution in [3.8, 4) is 0 Å². The molecular weight excluding hydrogens is 330 g/mol. The van der Waals surface area contributed by atoms with Crippen molar-refractivity contribution in [2.24, 2.45) is 5.92 Å². The van der Waals surface area contributed by atoms with E-state index in [4.69, 9.17) is 0 Å². The Morgan fingerprint density at radius 3 is 2.75 bits per heavy atom. The number of thiazole rings is 1. The van der Waals surface area contributed by atoms with Crippen molar-refractivity contribution in [1.29, 1.82) is 0 Å². The summed E-state index contributed by atoms with van der Waals surface area (Å²) in [7, 11) is 0. The van der Waals surface area contributed by atoms with E-state index in [0.29, 0.717) is 13.0 Å². The van der Waals surface area contributed by atoms with Crippen molar-refractivity contribution in [3.05, 3.63) is 52.0 Å². The van der Waals surface area contributed by atoms with E-state index in [1.807, 2.05) is 10.3 Å². The number of carbonyl (C=O) groups excluding carboxylic acids is 1. The highest BCUT2D eigenvalue weighted by molar-refractivity contribution is 7.09. The van der Waals surface area contributed by atoms with E-state index in [1.165, 1.54) is 18.2 Å². The molecule has 1 aromatic carbocycles. The van der Waals surface area contributed by atoms with Gasteiger partial charge in [-0.25, -0.2) is 13.8 Å². The quantitative estimate of drug-likeness (QED) is 0.829. The third kappa shape index (κ3) is 2.73. The molecule has 24 heavy (non-hydrogen) atoms. The SMILES string of the molecule is O=C(C1CC1c1c(F)cccc1F)N1CCCCC1c1nccs1. The van der Waals surface area contributed by atoms with E-state index in [2.05, 4.69) is 4.98 Å². The van der Waals surface area contributed by atoms with Crippen molar-refractivity contribution in [2.45, 2.75) is 37.6 Å². The molecule has 0 bridgehead atoms. The molecule has 0 spiro atoms. The summed E-state index contributed by atoms with van der Waals surface area (Å²) in [6.45, 7) is 0.700. The number of benzene rings is 1. The number of likely N-dealkylation sites (tertiary alicyclic amines) is 1. The Labute approximate surface area is 143 Å². The Hall–Kier alpha value is -1.82. The first-order valence-corrected chi connectivity index (χ1v) is 9.18. The number of hydrogen-bond donors (Lipinski definition) is 0. The number of aromatic nitrogens is 1. The maximum atomic E-state index is 13.9. The molecule has 1 saturated carbocycles. The van der Waals surface area contributed by atoms with E-state index in [9.17, 15) is 13.6 Å². The van der Waals surface area contributed by atoms with E-state index in [0.717, 1.165) is 24.3 Å². The van der Waals surface area contributed by atoms with Gasteiger partial charge in [0, 0.05) is 35.5 Å². The van der Waals surface area contributed by atoms with Gasteiger partial charge in [0.25, 0.3) is 0 Å². The maximum Gasteiger partial charge on any atom is 0.226 e. The molecule has 2 heterocycles. The molecular formula is C18H18F2N2OS. The summed E-state index contributed by atoms with van der Waals surface area (Å²) in [5, 5.41) is 2.87. The van der Waals surface area contributed by atoms with Gasteiger partial charge < -0.3 is 4.90 Å². The Kier molecular flexibility index (Phi) is 4.08. The predicted octanol–water partition coefficient (Wildman–Crippen LogP) is 4.28. The van der Waals surface area contributed by atoms with Crippen molar-refractivity contribution in [3.63, 3.8) is 0 Å². The fourth-order valence-corrected chi connectivity index (χ4v) is 4.50. The van der Waals surface area contributed by atoms with Crippen LogP contribution in [0.1, 0.15) is 48.2 Å². The third-order valence-electron chi connectivity index (χ3n) is 5.00. The molecule has 1 aromatic heterocycles. The van der Waals surface area contributed by atoms with Crippen molar-refractivity contribution < 1.29 is 13.6 Å². The number of nitrogens with zero attached hydrogens (tertiary/aromatic N) is 2. The second-order valence-electron chi connectivity index (χ2n) is 6.50. The van der Waals surface area contributed by atoms with Crippen LogP contribution in [0.2, 0.25) is 0 Å². The fraction of sp³-hybridized carbons (Fsp3) is 0.444. The van der Waals surface area contributed by atoms with Crippen LogP contribution in [0.5, 0.6) is 0 Å². The third-order valence-corrected chi connectivity index (χ3v) is 5.88. The lowest BCUT2D eigenvalue weighted by Gasteiger charge is -2.34. The van der Waals surface area contributed by atoms with Gasteiger partial charge in [-0.2, -0.15) is 0 Å². The molecule has 2 aromatic rings. The van der Waals surface area contributed by atoms with Crippen LogP contribution >= 0.6 is 11.3 Å². The van der Waals surface area contributed by atoms with E-state index in [1.54, 1.807) is 17.5 Å². The van der Waals surface area contributed by atoms with Crippen molar-refractivity contribution in [2.75, 3.05) is 6.54 Å². The predicted molar refractivity (Wildman–Crippen MR) is 87.6 cm³/mol. The molecule has 3 nitrogen and oxygen atoms in total. The smallest absolute Gasteiger partial charge is 0.226 e. The summed E-state index contributed by atoms with van der Waals surface area (Å²) in [6, 6.07) is 3.89. The van der Waals surface area contributed by atoms with Crippen LogP contribution in [-0.4, -0.2) is 22.3 Å². The van der Waals surface area contributed by atoms with Crippen LogP contribution < -0.4 is 0 Å². The van der Waals surface area contributed by atoms with Crippen LogP contribution in [0.15, 0.2) is 29.8 Å². The molecule has 1 aliphatic heterocycles. The van der Waals surface area contributed by atoms with E-state index >= 15 is 0 Å². The first-order valence-electron chi connectivity index (χ1n) is 8.30. The van der Waals surface area contributed by atoms with Gasteiger partial charge in [0.15, 0.2) is 0 Å². The topological polar surface area (TPSA) is 33.2 Å². The highest BCUT2D eigenvalue weighted by Gasteiger charge is 2.49. The monoisotopic (exact) mass is 348 g/mol. The molecule has 1 amide bonds. The molecule has 4 rings (SSSR count). The molecule has 126 valence electrons.